The first-order chi connectivity index (χ1) is 5.43. The second-order valence-electron chi connectivity index (χ2n) is 1.91. The van der Waals surface area contributed by atoms with Crippen LogP contribution in [0.3, 0.4) is 0 Å². The number of carbonyl (C=O) groups excluding carboxylic acids is 1. The van der Waals surface area contributed by atoms with Crippen molar-refractivity contribution in [3.8, 4) is 0 Å². The van der Waals surface area contributed by atoms with Crippen molar-refractivity contribution < 1.29 is 24.6 Å². The number of rotatable bonds is 4. The molecule has 12 heavy (non-hydrogen) atoms. The summed E-state index contributed by atoms with van der Waals surface area (Å²) >= 11 is 1.33. The maximum absolute atomic E-state index is 10.4. The fraction of sp³-hybridized carbons (Fsp3) is 0.400. The first-order valence-electron chi connectivity index (χ1n) is 2.84. The summed E-state index contributed by atoms with van der Waals surface area (Å²) in [5, 5.41) is 18.6. The molecule has 0 aliphatic carbocycles. The molecule has 0 saturated carbocycles. The van der Waals surface area contributed by atoms with Gasteiger partial charge in [0, 0.05) is 22.6 Å². The first-order valence-corrected chi connectivity index (χ1v) is 3.92. The van der Waals surface area contributed by atoms with Crippen LogP contribution in [0.25, 0.3) is 0 Å². The monoisotopic (exact) mass is 287 g/mol. The predicted molar refractivity (Wildman–Crippen MR) is 46.2 cm³/mol. The fourth-order valence-electron chi connectivity index (χ4n) is 0.512. The van der Waals surface area contributed by atoms with Gasteiger partial charge in [-0.25, -0.2) is 4.79 Å². The Morgan fingerprint density at radius 2 is 1.83 bits per heavy atom. The molecule has 0 bridgehead atoms. The van der Waals surface area contributed by atoms with Gasteiger partial charge >= 0.3 is 11.9 Å². The Morgan fingerprint density at radius 1 is 1.33 bits per heavy atom. The van der Waals surface area contributed by atoms with E-state index in [1.807, 2.05) is 5.32 Å². The number of hydrogen-bond acceptors (Lipinski definition) is 3. The predicted octanol–water partition coefficient (Wildman–Crippen LogP) is 0.0589. The molecule has 0 saturated heterocycles. The van der Waals surface area contributed by atoms with Crippen molar-refractivity contribution in [3.05, 3.63) is 0 Å². The van der Waals surface area contributed by atoms with Crippen LogP contribution < -0.4 is 5.32 Å². The summed E-state index contributed by atoms with van der Waals surface area (Å²) in [6.07, 6.45) is -0.621. The van der Waals surface area contributed by atoms with E-state index in [0.29, 0.717) is 0 Å². The molecular weight excluding hydrogens is 281 g/mol. The van der Waals surface area contributed by atoms with E-state index in [1.54, 1.807) is 0 Å². The Labute approximate surface area is 81.1 Å². The second kappa shape index (κ2) is 4.91. The van der Waals surface area contributed by atoms with Gasteiger partial charge in [-0.3, -0.25) is 9.59 Å². The van der Waals surface area contributed by atoms with Crippen LogP contribution >= 0.6 is 22.6 Å². The summed E-state index contributed by atoms with van der Waals surface area (Å²) in [5.41, 5.74) is 0. The number of halogens is 1. The third-order valence-corrected chi connectivity index (χ3v) is 1.28. The molecule has 0 aliphatic rings. The highest BCUT2D eigenvalue weighted by Crippen LogP contribution is 1.95. The molecule has 1 atom stereocenters. The van der Waals surface area contributed by atoms with Gasteiger partial charge in [-0.15, -0.1) is 0 Å². The van der Waals surface area contributed by atoms with E-state index < -0.39 is 28.3 Å². The standard InChI is InChI=1S/C5H6INO5/c6-5(12)7-2(4(10)11)1-3(8)9/h2H,1H2,(H,7,12)(H,8,9)(H,10,11)/t2-/m0/s1. The molecule has 0 radical (unpaired) electrons. The number of carbonyl (C=O) groups is 3. The number of amides is 1. The summed E-state index contributed by atoms with van der Waals surface area (Å²) < 4.78 is -0.596. The van der Waals surface area contributed by atoms with E-state index in [2.05, 4.69) is 0 Å². The Morgan fingerprint density at radius 3 is 2.08 bits per heavy atom. The number of aliphatic carboxylic acids is 2. The van der Waals surface area contributed by atoms with E-state index in [0.717, 1.165) is 0 Å². The molecule has 0 fully saturated rings. The Hall–Kier alpha value is -0.860. The van der Waals surface area contributed by atoms with Crippen molar-refractivity contribution in [2.45, 2.75) is 12.5 Å². The second-order valence-corrected chi connectivity index (χ2v) is 2.89. The molecule has 0 unspecified atom stereocenters. The highest BCUT2D eigenvalue weighted by molar-refractivity contribution is 14.1. The smallest absolute Gasteiger partial charge is 0.326 e. The normalized spacial score (nSPS) is 11.8. The molecule has 0 aromatic rings. The van der Waals surface area contributed by atoms with Crippen LogP contribution in [-0.4, -0.2) is 32.1 Å². The zero-order chi connectivity index (χ0) is 9.72. The first kappa shape index (κ1) is 11.1. The van der Waals surface area contributed by atoms with Crippen LogP contribution in [0.1, 0.15) is 6.42 Å². The summed E-state index contributed by atoms with van der Waals surface area (Å²) in [4.78, 5) is 30.7. The highest BCUT2D eigenvalue weighted by Gasteiger charge is 2.21. The third kappa shape index (κ3) is 4.88. The van der Waals surface area contributed by atoms with Crippen LogP contribution in [-0.2, 0) is 9.59 Å². The van der Waals surface area contributed by atoms with Crippen molar-refractivity contribution in [3.63, 3.8) is 0 Å². The van der Waals surface area contributed by atoms with Gasteiger partial charge < -0.3 is 15.5 Å². The quantitative estimate of drug-likeness (QED) is 0.385. The van der Waals surface area contributed by atoms with Crippen LogP contribution in [0, 0.1) is 0 Å². The van der Waals surface area contributed by atoms with Crippen molar-refractivity contribution in [1.29, 1.82) is 0 Å². The van der Waals surface area contributed by atoms with Crippen LogP contribution in [0.15, 0.2) is 0 Å². The number of hydrogen-bond donors (Lipinski definition) is 3. The van der Waals surface area contributed by atoms with Gasteiger partial charge in [-0.1, -0.05) is 0 Å². The minimum Gasteiger partial charge on any atom is -0.481 e. The topological polar surface area (TPSA) is 104 Å². The molecule has 0 spiro atoms. The minimum absolute atomic E-state index is 0.596. The maximum atomic E-state index is 10.4. The summed E-state index contributed by atoms with van der Waals surface area (Å²) in [6, 6.07) is -1.35. The molecular formula is C5H6INO5. The Bertz CT molecular complexity index is 200. The van der Waals surface area contributed by atoms with E-state index in [9.17, 15) is 14.4 Å². The van der Waals surface area contributed by atoms with Crippen molar-refractivity contribution in [2.24, 2.45) is 0 Å². The zero-order valence-corrected chi connectivity index (χ0v) is 7.94. The Kier molecular flexibility index (Phi) is 4.55. The fourth-order valence-corrected chi connectivity index (χ4v) is 0.888. The summed E-state index contributed by atoms with van der Waals surface area (Å²) in [6.45, 7) is 0. The van der Waals surface area contributed by atoms with Crippen LogP contribution in [0.2, 0.25) is 0 Å². The molecule has 0 aromatic carbocycles. The van der Waals surface area contributed by atoms with E-state index in [-0.39, 0.29) is 0 Å². The number of nitrogens with one attached hydrogen (secondary N) is 1. The van der Waals surface area contributed by atoms with Gasteiger partial charge in [-0.05, 0) is 0 Å². The Balaban J connectivity index is 4.14. The van der Waals surface area contributed by atoms with Gasteiger partial charge in [0.2, 0.25) is 0 Å². The van der Waals surface area contributed by atoms with Gasteiger partial charge in [0.05, 0.1) is 6.42 Å². The lowest BCUT2D eigenvalue weighted by Gasteiger charge is -2.08. The SMILES string of the molecule is O=C(O)C[C@H](NC(=O)I)C(=O)O. The largest absolute Gasteiger partial charge is 0.481 e. The lowest BCUT2D eigenvalue weighted by Crippen LogP contribution is -2.39. The van der Waals surface area contributed by atoms with E-state index in [1.165, 1.54) is 22.6 Å². The molecule has 0 aromatic heterocycles. The molecule has 6 nitrogen and oxygen atoms in total. The zero-order valence-electron chi connectivity index (χ0n) is 5.78. The molecule has 0 aliphatic heterocycles. The average molecular weight is 287 g/mol. The van der Waals surface area contributed by atoms with Crippen molar-refractivity contribution in [2.75, 3.05) is 0 Å². The molecule has 3 N–H and O–H groups in total. The van der Waals surface area contributed by atoms with Gasteiger partial charge in [0.25, 0.3) is 3.91 Å². The third-order valence-electron chi connectivity index (χ3n) is 0.965. The number of carboxylic acids is 2. The van der Waals surface area contributed by atoms with Crippen LogP contribution in [0.5, 0.6) is 0 Å². The molecule has 0 heterocycles. The van der Waals surface area contributed by atoms with E-state index >= 15 is 0 Å². The van der Waals surface area contributed by atoms with Crippen LogP contribution in [0.4, 0.5) is 4.79 Å². The lowest BCUT2D eigenvalue weighted by molar-refractivity contribution is -0.145. The van der Waals surface area contributed by atoms with Crippen molar-refractivity contribution in [1.82, 2.24) is 5.32 Å². The van der Waals surface area contributed by atoms with E-state index in [4.69, 9.17) is 10.2 Å². The summed E-state index contributed by atoms with van der Waals surface area (Å²) in [5.74, 6) is -2.63. The molecule has 0 rings (SSSR count). The van der Waals surface area contributed by atoms with Gasteiger partial charge in [0.1, 0.15) is 6.04 Å². The lowest BCUT2D eigenvalue weighted by atomic mass is 10.2. The molecule has 68 valence electrons. The van der Waals surface area contributed by atoms with Gasteiger partial charge in [-0.2, -0.15) is 0 Å². The molecule has 1 amide bonds. The minimum atomic E-state index is -1.36. The average Bonchev–Trinajstić information content (AvgIpc) is 1.83. The highest BCUT2D eigenvalue weighted by atomic mass is 127. The molecule has 7 heteroatoms. The summed E-state index contributed by atoms with van der Waals surface area (Å²) in [7, 11) is 0. The maximum Gasteiger partial charge on any atom is 0.326 e. The van der Waals surface area contributed by atoms with Gasteiger partial charge in [0.15, 0.2) is 0 Å². The number of carboxylic acid groups (broad SMARTS) is 2. The van der Waals surface area contributed by atoms with Crippen molar-refractivity contribution >= 4 is 38.4 Å².